The molecule has 0 fully saturated rings. The van der Waals surface area contributed by atoms with Gasteiger partial charge in [-0.2, -0.15) is 0 Å². The van der Waals surface area contributed by atoms with E-state index in [2.05, 4.69) is 49.8 Å². The molecule has 2 N–H and O–H groups in total. The van der Waals surface area contributed by atoms with Gasteiger partial charge in [-0.05, 0) is 29.5 Å². The van der Waals surface area contributed by atoms with Gasteiger partial charge in [0.25, 0.3) is 0 Å². The van der Waals surface area contributed by atoms with Gasteiger partial charge < -0.3 is 10.5 Å². The number of benzene rings is 1. The van der Waals surface area contributed by atoms with Crippen LogP contribution in [0.2, 0.25) is 0 Å². The van der Waals surface area contributed by atoms with E-state index >= 15 is 0 Å². The van der Waals surface area contributed by atoms with Crippen LogP contribution >= 0.6 is 0 Å². The molecule has 0 amide bonds. The Bertz CT molecular complexity index is 600. The third kappa shape index (κ3) is 3.72. The summed E-state index contributed by atoms with van der Waals surface area (Å²) in [4.78, 5) is 8.24. The summed E-state index contributed by atoms with van der Waals surface area (Å²) < 4.78 is 5.88. The van der Waals surface area contributed by atoms with Gasteiger partial charge in [-0.1, -0.05) is 46.2 Å². The summed E-state index contributed by atoms with van der Waals surface area (Å²) in [5.74, 6) is 1.81. The smallest absolute Gasteiger partial charge is 0.227 e. The topological polar surface area (TPSA) is 61.0 Å². The number of nitrogen functional groups attached to an aromatic ring is 1. The summed E-state index contributed by atoms with van der Waals surface area (Å²) in [5.41, 5.74) is 8.19. The second kappa shape index (κ2) is 6.12. The lowest BCUT2D eigenvalue weighted by Crippen LogP contribution is -2.10. The summed E-state index contributed by atoms with van der Waals surface area (Å²) >= 11 is 0. The lowest BCUT2D eigenvalue weighted by Gasteiger charge is -2.19. The van der Waals surface area contributed by atoms with Crippen molar-refractivity contribution in [1.29, 1.82) is 0 Å². The molecule has 0 saturated carbocycles. The molecule has 0 spiro atoms. The minimum Gasteiger partial charge on any atom is -0.439 e. The number of rotatable bonds is 4. The highest BCUT2D eigenvalue weighted by atomic mass is 16.5. The minimum atomic E-state index is 0.130. The van der Waals surface area contributed by atoms with E-state index in [1.54, 1.807) is 0 Å². The zero-order chi connectivity index (χ0) is 15.5. The van der Waals surface area contributed by atoms with Crippen molar-refractivity contribution in [3.8, 4) is 11.6 Å². The van der Waals surface area contributed by atoms with Crippen LogP contribution in [0.25, 0.3) is 0 Å². The van der Waals surface area contributed by atoms with Gasteiger partial charge in [0.15, 0.2) is 0 Å². The largest absolute Gasteiger partial charge is 0.439 e. The van der Waals surface area contributed by atoms with Gasteiger partial charge in [0.05, 0.1) is 5.56 Å². The predicted octanol–water partition coefficient (Wildman–Crippen LogP) is 4.10. The van der Waals surface area contributed by atoms with Crippen molar-refractivity contribution in [2.24, 2.45) is 0 Å². The number of nitrogens with two attached hydrogens (primary N) is 1. The molecule has 0 radical (unpaired) electrons. The molecule has 0 bridgehead atoms. The standard InChI is InChI=1S/C17H23N3O/c1-5-6-14-15(18)19-11-20-16(14)21-13-9-7-12(8-10-13)17(2,3)4/h7-11H,5-6H2,1-4H3,(H2,18,19,20). The van der Waals surface area contributed by atoms with Gasteiger partial charge in [-0.25, -0.2) is 9.97 Å². The predicted molar refractivity (Wildman–Crippen MR) is 85.7 cm³/mol. The first-order valence-corrected chi connectivity index (χ1v) is 7.29. The monoisotopic (exact) mass is 285 g/mol. The second-order valence-electron chi connectivity index (χ2n) is 6.17. The molecule has 0 aliphatic rings. The molecule has 1 aromatic heterocycles. The Balaban J connectivity index is 2.24. The van der Waals surface area contributed by atoms with Crippen LogP contribution < -0.4 is 10.5 Å². The Hall–Kier alpha value is -2.10. The molecule has 4 nitrogen and oxygen atoms in total. The van der Waals surface area contributed by atoms with E-state index in [0.29, 0.717) is 11.7 Å². The van der Waals surface area contributed by atoms with Crippen LogP contribution in [-0.4, -0.2) is 9.97 Å². The zero-order valence-electron chi connectivity index (χ0n) is 13.2. The molecule has 0 saturated heterocycles. The van der Waals surface area contributed by atoms with Crippen LogP contribution in [0.15, 0.2) is 30.6 Å². The van der Waals surface area contributed by atoms with Crippen molar-refractivity contribution in [3.63, 3.8) is 0 Å². The van der Waals surface area contributed by atoms with E-state index in [9.17, 15) is 0 Å². The van der Waals surface area contributed by atoms with Crippen molar-refractivity contribution in [1.82, 2.24) is 9.97 Å². The Morgan fingerprint density at radius 2 is 1.76 bits per heavy atom. The molecule has 2 rings (SSSR count). The minimum absolute atomic E-state index is 0.130. The van der Waals surface area contributed by atoms with Crippen molar-refractivity contribution in [2.75, 3.05) is 5.73 Å². The van der Waals surface area contributed by atoms with Gasteiger partial charge in [0, 0.05) is 0 Å². The van der Waals surface area contributed by atoms with Crippen LogP contribution in [0.3, 0.4) is 0 Å². The fourth-order valence-corrected chi connectivity index (χ4v) is 2.12. The summed E-state index contributed by atoms with van der Waals surface area (Å²) in [6, 6.07) is 8.10. The number of anilines is 1. The van der Waals surface area contributed by atoms with E-state index in [1.807, 2.05) is 12.1 Å². The van der Waals surface area contributed by atoms with Crippen LogP contribution in [0.5, 0.6) is 11.6 Å². The Labute approximate surface area is 126 Å². The SMILES string of the molecule is CCCc1c(N)ncnc1Oc1ccc(C(C)(C)C)cc1. The number of aromatic nitrogens is 2. The van der Waals surface area contributed by atoms with Crippen molar-refractivity contribution >= 4 is 5.82 Å². The zero-order valence-corrected chi connectivity index (χ0v) is 13.2. The Morgan fingerprint density at radius 3 is 2.33 bits per heavy atom. The molecule has 0 atom stereocenters. The lowest BCUT2D eigenvalue weighted by atomic mass is 9.87. The molecule has 0 aliphatic carbocycles. The van der Waals surface area contributed by atoms with Crippen LogP contribution in [0, 0.1) is 0 Å². The maximum Gasteiger partial charge on any atom is 0.227 e. The van der Waals surface area contributed by atoms with Crippen molar-refractivity contribution in [2.45, 2.75) is 46.0 Å². The molecule has 1 aromatic carbocycles. The molecule has 0 aliphatic heterocycles. The van der Waals surface area contributed by atoms with E-state index in [1.165, 1.54) is 11.9 Å². The first-order chi connectivity index (χ1) is 9.91. The van der Waals surface area contributed by atoms with E-state index in [4.69, 9.17) is 10.5 Å². The fourth-order valence-electron chi connectivity index (χ4n) is 2.12. The normalized spacial score (nSPS) is 11.4. The Morgan fingerprint density at radius 1 is 1.10 bits per heavy atom. The number of nitrogens with zero attached hydrogens (tertiary/aromatic N) is 2. The number of hydrogen-bond acceptors (Lipinski definition) is 4. The first kappa shape index (κ1) is 15.3. The molecule has 112 valence electrons. The highest BCUT2D eigenvalue weighted by Crippen LogP contribution is 2.29. The second-order valence-corrected chi connectivity index (χ2v) is 6.17. The van der Waals surface area contributed by atoms with Crippen LogP contribution in [-0.2, 0) is 11.8 Å². The summed E-state index contributed by atoms with van der Waals surface area (Å²) in [6.07, 6.45) is 3.21. The average molecular weight is 285 g/mol. The molecule has 1 heterocycles. The van der Waals surface area contributed by atoms with Gasteiger partial charge in [-0.15, -0.1) is 0 Å². The fraction of sp³-hybridized carbons (Fsp3) is 0.412. The van der Waals surface area contributed by atoms with Crippen molar-refractivity contribution < 1.29 is 4.74 Å². The Kier molecular flexibility index (Phi) is 4.46. The summed E-state index contributed by atoms with van der Waals surface area (Å²) in [6.45, 7) is 8.66. The maximum atomic E-state index is 5.91. The summed E-state index contributed by atoms with van der Waals surface area (Å²) in [5, 5.41) is 0. The summed E-state index contributed by atoms with van der Waals surface area (Å²) in [7, 11) is 0. The van der Waals surface area contributed by atoms with Crippen LogP contribution in [0.1, 0.15) is 45.2 Å². The average Bonchev–Trinajstić information content (AvgIpc) is 2.42. The molecular formula is C17H23N3O. The van der Waals surface area contributed by atoms with Gasteiger partial charge in [0.2, 0.25) is 5.88 Å². The highest BCUT2D eigenvalue weighted by Gasteiger charge is 2.14. The van der Waals surface area contributed by atoms with Gasteiger partial charge >= 0.3 is 0 Å². The quantitative estimate of drug-likeness (QED) is 0.918. The number of hydrogen-bond donors (Lipinski definition) is 1. The molecule has 4 heteroatoms. The first-order valence-electron chi connectivity index (χ1n) is 7.29. The molecule has 0 unspecified atom stereocenters. The van der Waals surface area contributed by atoms with Gasteiger partial charge in [-0.3, -0.25) is 0 Å². The lowest BCUT2D eigenvalue weighted by molar-refractivity contribution is 0.453. The third-order valence-corrected chi connectivity index (χ3v) is 3.37. The molecular weight excluding hydrogens is 262 g/mol. The van der Waals surface area contributed by atoms with Crippen LogP contribution in [0.4, 0.5) is 5.82 Å². The van der Waals surface area contributed by atoms with E-state index < -0.39 is 0 Å². The van der Waals surface area contributed by atoms with E-state index in [0.717, 1.165) is 24.2 Å². The molecule has 21 heavy (non-hydrogen) atoms. The number of ether oxygens (including phenoxy) is 1. The molecule has 2 aromatic rings. The van der Waals surface area contributed by atoms with Gasteiger partial charge in [0.1, 0.15) is 17.9 Å². The third-order valence-electron chi connectivity index (χ3n) is 3.37. The van der Waals surface area contributed by atoms with Crippen molar-refractivity contribution in [3.05, 3.63) is 41.7 Å². The maximum absolute atomic E-state index is 5.91. The highest BCUT2D eigenvalue weighted by molar-refractivity contribution is 5.46. The van der Waals surface area contributed by atoms with E-state index in [-0.39, 0.29) is 5.41 Å².